The average molecular weight is 372 g/mol. The van der Waals surface area contributed by atoms with Crippen LogP contribution < -0.4 is 19.5 Å². The molecule has 1 aliphatic rings. The van der Waals surface area contributed by atoms with Gasteiger partial charge in [-0.3, -0.25) is 9.59 Å². The number of hydrogen-bond acceptors (Lipinski definition) is 6. The molecule has 0 spiro atoms. The Kier molecular flexibility index (Phi) is 5.23. The molecular formula is C15H20N2O7S. The SMILES string of the molecule is COc1cc2c(cc1S(=O)(=O)NC(C)(C)CCC(=O)O)OCC(=O)N2. The number of carbonyl (C=O) groups is 2. The van der Waals surface area contributed by atoms with Gasteiger partial charge in [0.2, 0.25) is 10.0 Å². The Morgan fingerprint density at radius 2 is 2.12 bits per heavy atom. The van der Waals surface area contributed by atoms with E-state index in [-0.39, 0.29) is 41.8 Å². The molecule has 9 nitrogen and oxygen atoms in total. The molecule has 0 saturated carbocycles. The Hall–Kier alpha value is -2.33. The highest BCUT2D eigenvalue weighted by molar-refractivity contribution is 7.89. The Morgan fingerprint density at radius 3 is 2.72 bits per heavy atom. The van der Waals surface area contributed by atoms with E-state index >= 15 is 0 Å². The van der Waals surface area contributed by atoms with E-state index in [1.807, 2.05) is 0 Å². The van der Waals surface area contributed by atoms with Crippen LogP contribution in [-0.4, -0.2) is 44.7 Å². The number of anilines is 1. The van der Waals surface area contributed by atoms with Crippen molar-refractivity contribution in [2.24, 2.45) is 0 Å². The van der Waals surface area contributed by atoms with Crippen LogP contribution >= 0.6 is 0 Å². The van der Waals surface area contributed by atoms with Crippen molar-refractivity contribution < 1.29 is 32.6 Å². The van der Waals surface area contributed by atoms with Gasteiger partial charge in [-0.15, -0.1) is 0 Å². The van der Waals surface area contributed by atoms with Crippen LogP contribution in [0.1, 0.15) is 26.7 Å². The maximum Gasteiger partial charge on any atom is 0.303 e. The van der Waals surface area contributed by atoms with Gasteiger partial charge in [-0.05, 0) is 20.3 Å². The van der Waals surface area contributed by atoms with E-state index in [9.17, 15) is 18.0 Å². The van der Waals surface area contributed by atoms with Crippen LogP contribution in [0.25, 0.3) is 0 Å². The zero-order chi connectivity index (χ0) is 18.8. The number of nitrogens with one attached hydrogen (secondary N) is 2. The van der Waals surface area contributed by atoms with Gasteiger partial charge in [0.15, 0.2) is 6.61 Å². The van der Waals surface area contributed by atoms with Gasteiger partial charge in [0.05, 0.1) is 12.8 Å². The van der Waals surface area contributed by atoms with E-state index in [2.05, 4.69) is 10.0 Å². The molecule has 2 rings (SSSR count). The maximum absolute atomic E-state index is 12.7. The van der Waals surface area contributed by atoms with E-state index in [0.717, 1.165) is 0 Å². The van der Waals surface area contributed by atoms with Gasteiger partial charge in [-0.1, -0.05) is 0 Å². The summed E-state index contributed by atoms with van der Waals surface area (Å²) in [5.41, 5.74) is -0.662. The molecule has 0 saturated heterocycles. The largest absolute Gasteiger partial charge is 0.495 e. The van der Waals surface area contributed by atoms with Crippen molar-refractivity contribution in [3.63, 3.8) is 0 Å². The molecule has 0 radical (unpaired) electrons. The molecule has 3 N–H and O–H groups in total. The number of carboxylic acid groups (broad SMARTS) is 1. The normalized spacial score (nSPS) is 14.3. The highest BCUT2D eigenvalue weighted by Crippen LogP contribution is 2.37. The second-order valence-electron chi connectivity index (χ2n) is 6.22. The van der Waals surface area contributed by atoms with Crippen molar-refractivity contribution in [1.29, 1.82) is 0 Å². The fourth-order valence-corrected chi connectivity index (χ4v) is 3.96. The Bertz CT molecular complexity index is 802. The number of carboxylic acids is 1. The number of amides is 1. The van der Waals surface area contributed by atoms with E-state index in [1.54, 1.807) is 13.8 Å². The fourth-order valence-electron chi connectivity index (χ4n) is 2.35. The molecule has 1 amide bonds. The highest BCUT2D eigenvalue weighted by atomic mass is 32.2. The minimum atomic E-state index is -4.02. The second kappa shape index (κ2) is 6.89. The van der Waals surface area contributed by atoms with Crippen LogP contribution in [0.5, 0.6) is 11.5 Å². The molecule has 1 heterocycles. The molecule has 0 aromatic heterocycles. The average Bonchev–Trinajstić information content (AvgIpc) is 2.50. The van der Waals surface area contributed by atoms with E-state index in [4.69, 9.17) is 14.6 Å². The van der Waals surface area contributed by atoms with Gasteiger partial charge in [-0.25, -0.2) is 13.1 Å². The summed E-state index contributed by atoms with van der Waals surface area (Å²) < 4.78 is 38.3. The molecule has 138 valence electrons. The van der Waals surface area contributed by atoms with E-state index in [0.29, 0.717) is 5.69 Å². The molecule has 0 aliphatic carbocycles. The van der Waals surface area contributed by atoms with Crippen LogP contribution in [0, 0.1) is 0 Å². The second-order valence-corrected chi connectivity index (χ2v) is 7.87. The third kappa shape index (κ3) is 4.60. The summed E-state index contributed by atoms with van der Waals surface area (Å²) in [5.74, 6) is -1.11. The topological polar surface area (TPSA) is 131 Å². The van der Waals surface area contributed by atoms with Crippen molar-refractivity contribution in [3.8, 4) is 11.5 Å². The van der Waals surface area contributed by atoms with Crippen molar-refractivity contribution in [1.82, 2.24) is 4.72 Å². The van der Waals surface area contributed by atoms with Gasteiger partial charge in [-0.2, -0.15) is 0 Å². The monoisotopic (exact) mass is 372 g/mol. The number of ether oxygens (including phenoxy) is 2. The zero-order valence-corrected chi connectivity index (χ0v) is 14.9. The van der Waals surface area contributed by atoms with Crippen LogP contribution in [0.4, 0.5) is 5.69 Å². The number of fused-ring (bicyclic) bond motifs is 1. The Morgan fingerprint density at radius 1 is 1.44 bits per heavy atom. The van der Waals surface area contributed by atoms with E-state index in [1.165, 1.54) is 19.2 Å². The lowest BCUT2D eigenvalue weighted by molar-refractivity contribution is -0.137. The molecular weight excluding hydrogens is 352 g/mol. The van der Waals surface area contributed by atoms with Crippen molar-refractivity contribution in [3.05, 3.63) is 12.1 Å². The summed E-state index contributed by atoms with van der Waals surface area (Å²) in [6.45, 7) is 2.97. The molecule has 25 heavy (non-hydrogen) atoms. The lowest BCUT2D eigenvalue weighted by Crippen LogP contribution is -2.43. The van der Waals surface area contributed by atoms with Crippen molar-refractivity contribution in [2.45, 2.75) is 37.1 Å². The lowest BCUT2D eigenvalue weighted by atomic mass is 10.0. The molecule has 0 bridgehead atoms. The first-order chi connectivity index (χ1) is 11.5. The molecule has 0 atom stereocenters. The minimum Gasteiger partial charge on any atom is -0.495 e. The lowest BCUT2D eigenvalue weighted by Gasteiger charge is -2.26. The first-order valence-corrected chi connectivity index (χ1v) is 8.93. The van der Waals surface area contributed by atoms with Crippen LogP contribution in [-0.2, 0) is 19.6 Å². The van der Waals surface area contributed by atoms with Crippen molar-refractivity contribution in [2.75, 3.05) is 19.0 Å². The summed E-state index contributed by atoms with van der Waals surface area (Å²) in [4.78, 5) is 21.9. The zero-order valence-electron chi connectivity index (χ0n) is 14.1. The van der Waals surface area contributed by atoms with Gasteiger partial charge >= 0.3 is 5.97 Å². The van der Waals surface area contributed by atoms with Gasteiger partial charge in [0, 0.05) is 24.1 Å². The highest BCUT2D eigenvalue weighted by Gasteiger charge is 2.31. The third-order valence-corrected chi connectivity index (χ3v) is 5.28. The fraction of sp³-hybridized carbons (Fsp3) is 0.467. The molecule has 1 aliphatic heterocycles. The summed E-state index contributed by atoms with van der Waals surface area (Å²) in [5, 5.41) is 11.3. The first-order valence-electron chi connectivity index (χ1n) is 7.44. The maximum atomic E-state index is 12.7. The predicted octanol–water partition coefficient (Wildman–Crippen LogP) is 0.948. The quantitative estimate of drug-likeness (QED) is 0.649. The first kappa shape index (κ1) is 19.0. The van der Waals surface area contributed by atoms with Gasteiger partial charge < -0.3 is 19.9 Å². The summed E-state index contributed by atoms with van der Waals surface area (Å²) >= 11 is 0. The van der Waals surface area contributed by atoms with Crippen LogP contribution in [0.15, 0.2) is 17.0 Å². The Balaban J connectivity index is 2.35. The van der Waals surface area contributed by atoms with E-state index < -0.39 is 21.5 Å². The number of sulfonamides is 1. The minimum absolute atomic E-state index is 0.0334. The van der Waals surface area contributed by atoms with Crippen LogP contribution in [0.2, 0.25) is 0 Å². The number of rotatable bonds is 7. The van der Waals surface area contributed by atoms with Gasteiger partial charge in [0.1, 0.15) is 16.4 Å². The predicted molar refractivity (Wildman–Crippen MR) is 88.4 cm³/mol. The molecule has 1 aromatic rings. The number of aliphatic carboxylic acids is 1. The molecule has 10 heteroatoms. The third-order valence-electron chi connectivity index (χ3n) is 3.56. The molecule has 0 fully saturated rings. The molecule has 0 unspecified atom stereocenters. The number of benzene rings is 1. The van der Waals surface area contributed by atoms with Gasteiger partial charge in [0.25, 0.3) is 5.91 Å². The van der Waals surface area contributed by atoms with Crippen LogP contribution in [0.3, 0.4) is 0 Å². The Labute approximate surface area is 145 Å². The summed E-state index contributed by atoms with van der Waals surface area (Å²) in [6.07, 6.45) is -0.0621. The smallest absolute Gasteiger partial charge is 0.303 e. The number of carbonyl (C=O) groups excluding carboxylic acids is 1. The number of methoxy groups -OCH3 is 1. The summed E-state index contributed by atoms with van der Waals surface area (Å²) in [6, 6.07) is 2.63. The van der Waals surface area contributed by atoms with Crippen molar-refractivity contribution >= 4 is 27.6 Å². The molecule has 1 aromatic carbocycles. The summed E-state index contributed by atoms with van der Waals surface area (Å²) in [7, 11) is -2.71. The number of hydrogen-bond donors (Lipinski definition) is 3. The standard InChI is InChI=1S/C15H20N2O7S/c1-15(2,5-4-14(19)20)17-25(21,22)12-7-10-9(6-11(12)23-3)16-13(18)8-24-10/h6-7,17H,4-5,8H2,1-3H3,(H,16,18)(H,19,20).